The first-order valence-electron chi connectivity index (χ1n) is 5.29. The van der Waals surface area contributed by atoms with Crippen molar-refractivity contribution in [3.8, 4) is 0 Å². The Hall–Kier alpha value is -0.830. The van der Waals surface area contributed by atoms with E-state index in [0.717, 1.165) is 6.42 Å². The molecule has 0 aliphatic carbocycles. The molecule has 1 unspecified atom stereocenters. The highest BCUT2D eigenvalue weighted by Crippen LogP contribution is 2.10. The lowest BCUT2D eigenvalue weighted by atomic mass is 9.99. The number of nitrogens with two attached hydrogens (primary N) is 1. The van der Waals surface area contributed by atoms with Crippen LogP contribution in [0.1, 0.15) is 39.3 Å². The molecule has 0 spiro atoms. The Kier molecular flexibility index (Phi) is 3.69. The van der Waals surface area contributed by atoms with Gasteiger partial charge in [0.05, 0.1) is 6.20 Å². The van der Waals surface area contributed by atoms with Gasteiger partial charge in [0, 0.05) is 18.3 Å². The summed E-state index contributed by atoms with van der Waals surface area (Å²) < 4.78 is 1.97. The van der Waals surface area contributed by atoms with Crippen molar-refractivity contribution in [2.45, 2.75) is 46.2 Å². The first kappa shape index (κ1) is 11.2. The third-order valence-electron chi connectivity index (χ3n) is 2.51. The number of aromatic nitrogens is 2. The van der Waals surface area contributed by atoms with Gasteiger partial charge in [-0.25, -0.2) is 0 Å². The van der Waals surface area contributed by atoms with Crippen LogP contribution >= 0.6 is 0 Å². The predicted octanol–water partition coefficient (Wildman–Crippen LogP) is 1.99. The smallest absolute Gasteiger partial charge is 0.0522 e. The number of rotatable bonds is 4. The molecule has 0 aromatic carbocycles. The van der Waals surface area contributed by atoms with Crippen molar-refractivity contribution in [2.24, 2.45) is 11.7 Å². The average molecular weight is 195 g/mol. The number of nitrogens with zero attached hydrogens (tertiary/aromatic N) is 2. The molecule has 1 aromatic heterocycles. The van der Waals surface area contributed by atoms with Gasteiger partial charge in [0.2, 0.25) is 0 Å². The molecule has 2 N–H and O–H groups in total. The summed E-state index contributed by atoms with van der Waals surface area (Å²) in [4.78, 5) is 0. The molecule has 80 valence electrons. The first-order valence-corrected chi connectivity index (χ1v) is 5.29. The molecule has 1 heterocycles. The summed E-state index contributed by atoms with van der Waals surface area (Å²) in [7, 11) is 0. The third-order valence-corrected chi connectivity index (χ3v) is 2.51. The molecule has 0 radical (unpaired) electrons. The van der Waals surface area contributed by atoms with Gasteiger partial charge < -0.3 is 5.73 Å². The van der Waals surface area contributed by atoms with Crippen molar-refractivity contribution < 1.29 is 0 Å². The highest BCUT2D eigenvalue weighted by atomic mass is 15.3. The molecule has 0 aliphatic rings. The van der Waals surface area contributed by atoms with Gasteiger partial charge >= 0.3 is 0 Å². The molecule has 1 atom stereocenters. The van der Waals surface area contributed by atoms with Crippen molar-refractivity contribution in [2.75, 3.05) is 0 Å². The average Bonchev–Trinajstić information content (AvgIpc) is 2.52. The topological polar surface area (TPSA) is 43.8 Å². The lowest BCUT2D eigenvalue weighted by Crippen LogP contribution is -2.28. The SMILES string of the molecule is CC(C)C(N)Cc1cnn(C(C)C)c1. The summed E-state index contributed by atoms with van der Waals surface area (Å²) in [6.45, 7) is 8.55. The number of hydrogen-bond donors (Lipinski definition) is 1. The van der Waals surface area contributed by atoms with Crippen LogP contribution in [-0.4, -0.2) is 15.8 Å². The Morgan fingerprint density at radius 1 is 1.36 bits per heavy atom. The molecule has 3 heteroatoms. The van der Waals surface area contributed by atoms with Crippen molar-refractivity contribution in [1.82, 2.24) is 9.78 Å². The third kappa shape index (κ3) is 2.84. The maximum atomic E-state index is 6.00. The second kappa shape index (κ2) is 4.60. The van der Waals surface area contributed by atoms with Crippen molar-refractivity contribution in [3.05, 3.63) is 18.0 Å². The lowest BCUT2D eigenvalue weighted by molar-refractivity contribution is 0.489. The Morgan fingerprint density at radius 3 is 2.43 bits per heavy atom. The van der Waals surface area contributed by atoms with E-state index in [0.29, 0.717) is 12.0 Å². The van der Waals surface area contributed by atoms with E-state index < -0.39 is 0 Å². The van der Waals surface area contributed by atoms with Crippen LogP contribution in [0.4, 0.5) is 0 Å². The molecular formula is C11H21N3. The predicted molar refractivity (Wildman–Crippen MR) is 59.1 cm³/mol. The molecule has 0 bridgehead atoms. The Balaban J connectivity index is 2.60. The Labute approximate surface area is 86.3 Å². The van der Waals surface area contributed by atoms with E-state index in [1.165, 1.54) is 5.56 Å². The van der Waals surface area contributed by atoms with Crippen LogP contribution in [0.5, 0.6) is 0 Å². The van der Waals surface area contributed by atoms with Crippen molar-refractivity contribution >= 4 is 0 Å². The van der Waals surface area contributed by atoms with E-state index in [2.05, 4.69) is 39.0 Å². The second-order valence-corrected chi connectivity index (χ2v) is 4.53. The fraction of sp³-hybridized carbons (Fsp3) is 0.727. The zero-order valence-corrected chi connectivity index (χ0v) is 9.57. The van der Waals surface area contributed by atoms with Gasteiger partial charge in [0.1, 0.15) is 0 Å². The van der Waals surface area contributed by atoms with Gasteiger partial charge in [-0.05, 0) is 31.7 Å². The highest BCUT2D eigenvalue weighted by Gasteiger charge is 2.10. The zero-order chi connectivity index (χ0) is 10.7. The van der Waals surface area contributed by atoms with Crippen molar-refractivity contribution in [1.29, 1.82) is 0 Å². The monoisotopic (exact) mass is 195 g/mol. The molecule has 14 heavy (non-hydrogen) atoms. The molecule has 1 rings (SSSR count). The van der Waals surface area contributed by atoms with E-state index in [1.54, 1.807) is 0 Å². The molecule has 3 nitrogen and oxygen atoms in total. The summed E-state index contributed by atoms with van der Waals surface area (Å²) in [5.74, 6) is 0.525. The fourth-order valence-corrected chi connectivity index (χ4v) is 1.27. The van der Waals surface area contributed by atoms with Gasteiger partial charge in [-0.1, -0.05) is 13.8 Å². The molecule has 1 aromatic rings. The largest absolute Gasteiger partial charge is 0.327 e. The van der Waals surface area contributed by atoms with E-state index in [1.807, 2.05) is 10.9 Å². The van der Waals surface area contributed by atoms with Crippen LogP contribution in [0, 0.1) is 5.92 Å². The van der Waals surface area contributed by atoms with E-state index >= 15 is 0 Å². The minimum atomic E-state index is 0.236. The van der Waals surface area contributed by atoms with Crippen molar-refractivity contribution in [3.63, 3.8) is 0 Å². The zero-order valence-electron chi connectivity index (χ0n) is 9.57. The standard InChI is InChI=1S/C11H21N3/c1-8(2)11(12)5-10-6-13-14(7-10)9(3)4/h6-9,11H,5,12H2,1-4H3. The Morgan fingerprint density at radius 2 is 2.00 bits per heavy atom. The van der Waals surface area contributed by atoms with Crippen LogP contribution in [0.3, 0.4) is 0 Å². The molecular weight excluding hydrogens is 174 g/mol. The first-order chi connectivity index (χ1) is 6.50. The quantitative estimate of drug-likeness (QED) is 0.798. The molecule has 0 saturated heterocycles. The summed E-state index contributed by atoms with van der Waals surface area (Å²) in [5, 5.41) is 4.29. The van der Waals surface area contributed by atoms with Crippen LogP contribution in [0.25, 0.3) is 0 Å². The van der Waals surface area contributed by atoms with E-state index in [4.69, 9.17) is 5.73 Å². The van der Waals surface area contributed by atoms with Crippen LogP contribution in [0.2, 0.25) is 0 Å². The normalized spacial score (nSPS) is 13.9. The van der Waals surface area contributed by atoms with Gasteiger partial charge in [-0.3, -0.25) is 4.68 Å². The maximum absolute atomic E-state index is 6.00. The maximum Gasteiger partial charge on any atom is 0.0522 e. The fourth-order valence-electron chi connectivity index (χ4n) is 1.27. The van der Waals surface area contributed by atoms with Crippen LogP contribution in [0.15, 0.2) is 12.4 Å². The summed E-state index contributed by atoms with van der Waals surface area (Å²) in [5.41, 5.74) is 7.23. The molecule has 0 fully saturated rings. The molecule has 0 amide bonds. The van der Waals surface area contributed by atoms with E-state index in [-0.39, 0.29) is 6.04 Å². The van der Waals surface area contributed by atoms with Gasteiger partial charge in [0.15, 0.2) is 0 Å². The van der Waals surface area contributed by atoms with Gasteiger partial charge in [-0.15, -0.1) is 0 Å². The molecule has 0 saturated carbocycles. The van der Waals surface area contributed by atoms with Gasteiger partial charge in [-0.2, -0.15) is 5.10 Å². The second-order valence-electron chi connectivity index (χ2n) is 4.53. The number of hydrogen-bond acceptors (Lipinski definition) is 2. The molecule has 0 aliphatic heterocycles. The minimum absolute atomic E-state index is 0.236. The summed E-state index contributed by atoms with van der Waals surface area (Å²) in [6, 6.07) is 0.666. The minimum Gasteiger partial charge on any atom is -0.327 e. The Bertz CT molecular complexity index is 276. The van der Waals surface area contributed by atoms with Gasteiger partial charge in [0.25, 0.3) is 0 Å². The summed E-state index contributed by atoms with van der Waals surface area (Å²) in [6.07, 6.45) is 4.93. The van der Waals surface area contributed by atoms with Crippen LogP contribution < -0.4 is 5.73 Å². The van der Waals surface area contributed by atoms with E-state index in [9.17, 15) is 0 Å². The summed E-state index contributed by atoms with van der Waals surface area (Å²) >= 11 is 0. The lowest BCUT2D eigenvalue weighted by Gasteiger charge is -2.13. The highest BCUT2D eigenvalue weighted by molar-refractivity contribution is 5.06. The van der Waals surface area contributed by atoms with Crippen LogP contribution in [-0.2, 0) is 6.42 Å².